The molecule has 0 bridgehead atoms. The molecule has 4 rings (SSSR count). The van der Waals surface area contributed by atoms with Gasteiger partial charge in [0, 0.05) is 38.2 Å². The van der Waals surface area contributed by atoms with Crippen molar-refractivity contribution >= 4 is 11.7 Å². The highest BCUT2D eigenvalue weighted by Crippen LogP contribution is 2.35. The molecule has 24 heavy (non-hydrogen) atoms. The molecule has 1 N–H and O–H groups in total. The fourth-order valence-corrected chi connectivity index (χ4v) is 4.08. The zero-order valence-corrected chi connectivity index (χ0v) is 13.8. The van der Waals surface area contributed by atoms with E-state index in [0.717, 1.165) is 52.0 Å². The van der Waals surface area contributed by atoms with E-state index in [2.05, 4.69) is 20.2 Å². The molecule has 0 saturated carbocycles. The molecule has 4 heterocycles. The molecule has 0 aliphatic carbocycles. The lowest BCUT2D eigenvalue weighted by molar-refractivity contribution is -0.128. The maximum Gasteiger partial charge on any atom is 0.254 e. The monoisotopic (exact) mass is 332 g/mol. The number of fused-ring (bicyclic) bond motifs is 1. The number of hydrogen-bond acceptors (Lipinski definition) is 6. The van der Waals surface area contributed by atoms with Crippen LogP contribution in [0.25, 0.3) is 0 Å². The van der Waals surface area contributed by atoms with Gasteiger partial charge in [0.2, 0.25) is 0 Å². The van der Waals surface area contributed by atoms with Crippen LogP contribution in [0.3, 0.4) is 0 Å². The van der Waals surface area contributed by atoms with Crippen LogP contribution in [0.2, 0.25) is 0 Å². The summed E-state index contributed by atoms with van der Waals surface area (Å²) in [5.74, 6) is 0.853. The summed E-state index contributed by atoms with van der Waals surface area (Å²) in [6, 6.07) is 0.607. The normalized spacial score (nSPS) is 31.6. The number of hydrogen-bond donors (Lipinski definition) is 1. The number of carbonyl (C=O) groups excluding carboxylic acids is 1. The third-order valence-corrected chi connectivity index (χ3v) is 5.40. The number of amides is 1. The first-order valence-electron chi connectivity index (χ1n) is 8.84. The first kappa shape index (κ1) is 15.9. The van der Waals surface area contributed by atoms with E-state index in [-0.39, 0.29) is 18.1 Å². The van der Waals surface area contributed by atoms with Crippen molar-refractivity contribution in [2.24, 2.45) is 5.92 Å². The summed E-state index contributed by atoms with van der Waals surface area (Å²) in [5, 5.41) is 2.80. The largest absolute Gasteiger partial charge is 0.381 e. The molecule has 7 heteroatoms. The van der Waals surface area contributed by atoms with Gasteiger partial charge in [0.15, 0.2) is 5.82 Å². The van der Waals surface area contributed by atoms with Gasteiger partial charge < -0.3 is 14.8 Å². The summed E-state index contributed by atoms with van der Waals surface area (Å²) in [4.78, 5) is 23.0. The Morgan fingerprint density at radius 2 is 2.12 bits per heavy atom. The molecular formula is C17H24N4O3. The van der Waals surface area contributed by atoms with Crippen molar-refractivity contribution in [3.63, 3.8) is 0 Å². The van der Waals surface area contributed by atoms with Gasteiger partial charge in [-0.1, -0.05) is 0 Å². The Kier molecular flexibility index (Phi) is 4.73. The van der Waals surface area contributed by atoms with Crippen LogP contribution in [0.5, 0.6) is 0 Å². The summed E-state index contributed by atoms with van der Waals surface area (Å²) in [6.07, 6.45) is 8.61. The molecule has 1 aromatic heterocycles. The number of anilines is 1. The lowest BCUT2D eigenvalue weighted by atomic mass is 9.90. The lowest BCUT2D eigenvalue weighted by Gasteiger charge is -2.40. The summed E-state index contributed by atoms with van der Waals surface area (Å²) < 4.78 is 11.5. The Bertz CT molecular complexity index is 564. The van der Waals surface area contributed by atoms with Gasteiger partial charge in [-0.3, -0.25) is 14.7 Å². The number of ether oxygens (including phenoxy) is 2. The predicted octanol–water partition coefficient (Wildman–Crippen LogP) is 1.07. The molecule has 3 saturated heterocycles. The van der Waals surface area contributed by atoms with Crippen molar-refractivity contribution in [2.45, 2.75) is 43.9 Å². The molecule has 3 aliphatic heterocycles. The van der Waals surface area contributed by atoms with Crippen LogP contribution in [0.4, 0.5) is 5.82 Å². The number of rotatable bonds is 3. The topological polar surface area (TPSA) is 76.6 Å². The predicted molar refractivity (Wildman–Crippen MR) is 87.5 cm³/mol. The van der Waals surface area contributed by atoms with Crippen molar-refractivity contribution < 1.29 is 14.3 Å². The fourth-order valence-electron chi connectivity index (χ4n) is 4.08. The smallest absolute Gasteiger partial charge is 0.254 e. The quantitative estimate of drug-likeness (QED) is 0.892. The molecule has 3 aliphatic rings. The molecule has 0 unspecified atom stereocenters. The molecule has 3 atom stereocenters. The van der Waals surface area contributed by atoms with Crippen LogP contribution in [-0.2, 0) is 14.3 Å². The summed E-state index contributed by atoms with van der Waals surface area (Å²) in [6.45, 7) is 3.76. The third-order valence-electron chi connectivity index (χ3n) is 5.40. The van der Waals surface area contributed by atoms with E-state index in [4.69, 9.17) is 9.47 Å². The van der Waals surface area contributed by atoms with Gasteiger partial charge in [0.05, 0.1) is 12.3 Å². The van der Waals surface area contributed by atoms with Crippen LogP contribution < -0.4 is 5.32 Å². The van der Waals surface area contributed by atoms with Crippen LogP contribution >= 0.6 is 0 Å². The molecule has 130 valence electrons. The highest BCUT2D eigenvalue weighted by atomic mass is 16.5. The fraction of sp³-hybridized carbons (Fsp3) is 0.706. The second kappa shape index (κ2) is 7.13. The van der Waals surface area contributed by atoms with E-state index in [1.807, 2.05) is 0 Å². The first-order chi connectivity index (χ1) is 11.8. The van der Waals surface area contributed by atoms with Crippen LogP contribution in [0.1, 0.15) is 25.7 Å². The van der Waals surface area contributed by atoms with Gasteiger partial charge in [0.25, 0.3) is 5.91 Å². The van der Waals surface area contributed by atoms with Gasteiger partial charge in [-0.2, -0.15) is 0 Å². The number of carbonyl (C=O) groups is 1. The minimum absolute atomic E-state index is 0.109. The Hall–Kier alpha value is -1.57. The van der Waals surface area contributed by atoms with Crippen LogP contribution in [0, 0.1) is 5.92 Å². The second-order valence-corrected chi connectivity index (χ2v) is 6.87. The molecule has 7 nitrogen and oxygen atoms in total. The molecule has 3 fully saturated rings. The van der Waals surface area contributed by atoms with Gasteiger partial charge in [-0.15, -0.1) is 0 Å². The van der Waals surface area contributed by atoms with Crippen molar-refractivity contribution in [2.75, 3.05) is 31.6 Å². The second-order valence-electron chi connectivity index (χ2n) is 6.87. The molecule has 0 aromatic carbocycles. The van der Waals surface area contributed by atoms with E-state index in [0.29, 0.717) is 17.8 Å². The van der Waals surface area contributed by atoms with Gasteiger partial charge in [-0.25, -0.2) is 4.98 Å². The van der Waals surface area contributed by atoms with Crippen molar-refractivity contribution in [1.82, 2.24) is 14.9 Å². The first-order valence-corrected chi connectivity index (χ1v) is 8.84. The van der Waals surface area contributed by atoms with Gasteiger partial charge in [0.1, 0.15) is 6.10 Å². The van der Waals surface area contributed by atoms with Crippen molar-refractivity contribution in [3.8, 4) is 0 Å². The van der Waals surface area contributed by atoms with Crippen LogP contribution in [0.15, 0.2) is 18.6 Å². The third kappa shape index (κ3) is 3.43. The Morgan fingerprint density at radius 3 is 2.92 bits per heavy atom. The zero-order chi connectivity index (χ0) is 16.4. The Labute approximate surface area is 141 Å². The van der Waals surface area contributed by atoms with E-state index in [1.165, 1.54) is 0 Å². The van der Waals surface area contributed by atoms with E-state index in [1.54, 1.807) is 18.6 Å². The SMILES string of the molecule is O=C(Nc1cnccn1)[C@@H]1C[C@@H]2CCN(C3CCOCC3)C[C@H]2O1. The average Bonchev–Trinajstić information content (AvgIpc) is 3.07. The minimum Gasteiger partial charge on any atom is -0.381 e. The van der Waals surface area contributed by atoms with Gasteiger partial charge in [-0.05, 0) is 38.1 Å². The number of nitrogens with one attached hydrogen (secondary N) is 1. The molecule has 1 aromatic rings. The summed E-state index contributed by atoms with van der Waals surface area (Å²) in [5.41, 5.74) is 0. The standard InChI is InChI=1S/C17H24N4O3/c22-17(20-16-10-18-4-5-19-16)14-9-12-1-6-21(11-15(12)24-14)13-2-7-23-8-3-13/h4-5,10,12-15H,1-3,6-9,11H2,(H,19,20,22)/t12-,14-,15+/m0/s1. The van der Waals surface area contributed by atoms with E-state index < -0.39 is 0 Å². The van der Waals surface area contributed by atoms with E-state index >= 15 is 0 Å². The molecule has 0 radical (unpaired) electrons. The molecular weight excluding hydrogens is 308 g/mol. The highest BCUT2D eigenvalue weighted by molar-refractivity contribution is 5.93. The minimum atomic E-state index is -0.378. The maximum absolute atomic E-state index is 12.4. The Morgan fingerprint density at radius 1 is 1.25 bits per heavy atom. The molecule has 1 amide bonds. The maximum atomic E-state index is 12.4. The number of nitrogens with zero attached hydrogens (tertiary/aromatic N) is 3. The average molecular weight is 332 g/mol. The van der Waals surface area contributed by atoms with Gasteiger partial charge >= 0.3 is 0 Å². The highest BCUT2D eigenvalue weighted by Gasteiger charge is 2.43. The van der Waals surface area contributed by atoms with E-state index in [9.17, 15) is 4.79 Å². The number of aromatic nitrogens is 2. The van der Waals surface area contributed by atoms with Crippen molar-refractivity contribution in [3.05, 3.63) is 18.6 Å². The summed E-state index contributed by atoms with van der Waals surface area (Å²) in [7, 11) is 0. The Balaban J connectivity index is 1.33. The number of likely N-dealkylation sites (tertiary alicyclic amines) is 1. The molecule has 0 spiro atoms. The lowest BCUT2D eigenvalue weighted by Crippen LogP contribution is -2.49. The number of piperidine rings is 1. The van der Waals surface area contributed by atoms with Crippen LogP contribution in [-0.4, -0.2) is 65.3 Å². The summed E-state index contributed by atoms with van der Waals surface area (Å²) >= 11 is 0. The van der Waals surface area contributed by atoms with Crippen molar-refractivity contribution in [1.29, 1.82) is 0 Å². The zero-order valence-electron chi connectivity index (χ0n) is 13.8.